The molecule has 51 heavy (non-hydrogen) atoms. The fourth-order valence-corrected chi connectivity index (χ4v) is 6.50. The van der Waals surface area contributed by atoms with Crippen LogP contribution in [0.5, 0.6) is 0 Å². The lowest BCUT2D eigenvalue weighted by atomic mass is 10.1. The Labute approximate surface area is 292 Å². The zero-order chi connectivity index (χ0) is 36.2. The Hall–Kier alpha value is -5.87. The summed E-state index contributed by atoms with van der Waals surface area (Å²) < 4.78 is 24.7. The lowest BCUT2D eigenvalue weighted by Crippen LogP contribution is -2.46. The van der Waals surface area contributed by atoms with Crippen molar-refractivity contribution in [3.05, 3.63) is 60.5 Å². The molecule has 0 unspecified atom stereocenters. The van der Waals surface area contributed by atoms with E-state index in [1.807, 2.05) is 0 Å². The number of nitrogens with zero attached hydrogens (tertiary/aromatic N) is 6. The van der Waals surface area contributed by atoms with Crippen LogP contribution in [0, 0.1) is 5.82 Å². The Bertz CT molecular complexity index is 1910. The van der Waals surface area contributed by atoms with Crippen molar-refractivity contribution >= 4 is 24.0 Å². The zero-order valence-electron chi connectivity index (χ0n) is 28.6. The van der Waals surface area contributed by atoms with Crippen molar-refractivity contribution in [1.29, 1.82) is 0 Å². The molecule has 4 aromatic rings. The zero-order valence-corrected chi connectivity index (χ0v) is 28.6. The van der Waals surface area contributed by atoms with Gasteiger partial charge in [-0.2, -0.15) is 0 Å². The smallest absolute Gasteiger partial charge is 0.407 e. The number of halogens is 1. The predicted molar refractivity (Wildman–Crippen MR) is 180 cm³/mol. The maximum Gasteiger partial charge on any atom is 0.407 e. The number of rotatable bonds is 9. The van der Waals surface area contributed by atoms with Gasteiger partial charge >= 0.3 is 12.2 Å². The number of H-pyrrole nitrogens is 2. The summed E-state index contributed by atoms with van der Waals surface area (Å²) in [5.74, 6) is 0.468. The lowest BCUT2D eigenvalue weighted by Gasteiger charge is -2.26. The quantitative estimate of drug-likeness (QED) is 0.198. The molecule has 16 nitrogen and oxygen atoms in total. The summed E-state index contributed by atoms with van der Waals surface area (Å²) in [6.07, 6.45) is 8.04. The fourth-order valence-electron chi connectivity index (χ4n) is 6.50. The van der Waals surface area contributed by atoms with Gasteiger partial charge in [-0.05, 0) is 51.7 Å². The van der Waals surface area contributed by atoms with Crippen molar-refractivity contribution in [1.82, 2.24) is 50.3 Å². The van der Waals surface area contributed by atoms with Crippen LogP contribution in [0.4, 0.5) is 14.0 Å². The largest absolute Gasteiger partial charge is 0.453 e. The first-order valence-electron chi connectivity index (χ1n) is 16.6. The van der Waals surface area contributed by atoms with Gasteiger partial charge in [-0.1, -0.05) is 6.07 Å². The SMILES string of the molecule is COC(=O)N[C@@H](C)C(=O)N1CCC[C@H]1c1nc(-c2cnc(-c3ccc(-c4cnc([C@@H]5CCCN5C(=O)[C@H](C)NC(=O)OC)[nH]4)c(F)c3)nc2)c[nH]1. The van der Waals surface area contributed by atoms with Crippen LogP contribution in [0.1, 0.15) is 63.3 Å². The molecular weight excluding hydrogens is 663 g/mol. The number of alkyl carbamates (subject to hydrolysis) is 2. The lowest BCUT2D eigenvalue weighted by molar-refractivity contribution is -0.134. The molecule has 0 saturated carbocycles. The Morgan fingerprint density at radius 1 is 0.843 bits per heavy atom. The minimum absolute atomic E-state index is 0.229. The summed E-state index contributed by atoms with van der Waals surface area (Å²) >= 11 is 0. The van der Waals surface area contributed by atoms with E-state index in [0.29, 0.717) is 71.5 Å². The van der Waals surface area contributed by atoms with Crippen LogP contribution in [0.15, 0.2) is 43.0 Å². The molecule has 17 heteroatoms. The van der Waals surface area contributed by atoms with Gasteiger partial charge in [0.25, 0.3) is 0 Å². The van der Waals surface area contributed by atoms with Crippen LogP contribution in [-0.2, 0) is 19.1 Å². The number of imidazole rings is 2. The molecule has 2 aliphatic heterocycles. The molecule has 2 aliphatic rings. The second-order valence-corrected chi connectivity index (χ2v) is 12.4. The van der Waals surface area contributed by atoms with E-state index in [9.17, 15) is 19.2 Å². The molecule has 2 fully saturated rings. The van der Waals surface area contributed by atoms with Crippen molar-refractivity contribution in [2.24, 2.45) is 0 Å². The average molecular weight is 703 g/mol. The number of aromatic nitrogens is 6. The number of likely N-dealkylation sites (tertiary alicyclic amines) is 2. The molecule has 6 rings (SSSR count). The van der Waals surface area contributed by atoms with Crippen molar-refractivity contribution < 1.29 is 33.0 Å². The van der Waals surface area contributed by atoms with E-state index in [1.54, 1.807) is 54.4 Å². The summed E-state index contributed by atoms with van der Waals surface area (Å²) in [7, 11) is 2.48. The second-order valence-electron chi connectivity index (χ2n) is 12.4. The maximum atomic E-state index is 15.5. The summed E-state index contributed by atoms with van der Waals surface area (Å²) in [5, 5.41) is 5.02. The molecule has 0 radical (unpaired) electrons. The van der Waals surface area contributed by atoms with Crippen LogP contribution in [0.3, 0.4) is 0 Å². The number of ether oxygens (including phenoxy) is 2. The Morgan fingerprint density at radius 3 is 2.00 bits per heavy atom. The Morgan fingerprint density at radius 2 is 1.43 bits per heavy atom. The summed E-state index contributed by atoms with van der Waals surface area (Å²) in [5.41, 5.74) is 2.44. The molecular formula is C34H39FN10O6. The van der Waals surface area contributed by atoms with Crippen LogP contribution in [-0.4, -0.2) is 103 Å². The molecule has 5 heterocycles. The predicted octanol–water partition coefficient (Wildman–Crippen LogP) is 3.88. The van der Waals surface area contributed by atoms with Gasteiger partial charge in [-0.15, -0.1) is 0 Å². The van der Waals surface area contributed by atoms with Gasteiger partial charge in [0.2, 0.25) is 11.8 Å². The van der Waals surface area contributed by atoms with E-state index >= 15 is 4.39 Å². The maximum absolute atomic E-state index is 15.5. The van der Waals surface area contributed by atoms with E-state index in [2.05, 4.69) is 45.0 Å². The molecule has 4 amide bonds. The van der Waals surface area contributed by atoms with Gasteiger partial charge < -0.3 is 39.9 Å². The van der Waals surface area contributed by atoms with Crippen molar-refractivity contribution in [2.75, 3.05) is 27.3 Å². The highest BCUT2D eigenvalue weighted by molar-refractivity contribution is 5.86. The third-order valence-electron chi connectivity index (χ3n) is 9.14. The normalized spacial score (nSPS) is 18.3. The minimum Gasteiger partial charge on any atom is -0.453 e. The average Bonchev–Trinajstić information content (AvgIpc) is 3.97. The van der Waals surface area contributed by atoms with Gasteiger partial charge in [0.05, 0.1) is 43.9 Å². The highest BCUT2D eigenvalue weighted by Gasteiger charge is 2.36. The monoisotopic (exact) mass is 702 g/mol. The second kappa shape index (κ2) is 14.9. The third kappa shape index (κ3) is 7.36. The minimum atomic E-state index is -0.779. The van der Waals surface area contributed by atoms with E-state index in [4.69, 9.17) is 4.98 Å². The molecule has 0 bridgehead atoms. The Kier molecular flexibility index (Phi) is 10.2. The first-order valence-corrected chi connectivity index (χ1v) is 16.6. The van der Waals surface area contributed by atoms with Gasteiger partial charge in [0, 0.05) is 48.4 Å². The topological polar surface area (TPSA) is 200 Å². The number of carbonyl (C=O) groups excluding carboxylic acids is 4. The standard InChI is InChI=1S/C34H39FN10O6/c1-18(40-33(48)50-3)31(46)44-11-5-7-26(44)29-38-16-24(42-29)21-14-36-28(37-15-21)20-9-10-22(23(35)13-20)25-17-39-30(43-25)27-8-6-12-45(27)32(47)19(2)41-34(49)51-4/h9-10,13-19,26-27H,5-8,11-12H2,1-4H3,(H,38,42)(H,39,43)(H,40,48)(H,41,49)/t18-,19-,26-,27-/m0/s1. The third-order valence-corrected chi connectivity index (χ3v) is 9.14. The molecule has 268 valence electrons. The Balaban J connectivity index is 1.12. The molecule has 3 aromatic heterocycles. The number of hydrogen-bond donors (Lipinski definition) is 4. The van der Waals surface area contributed by atoms with Gasteiger partial charge in [0.1, 0.15) is 29.5 Å². The molecule has 4 atom stereocenters. The van der Waals surface area contributed by atoms with E-state index in [1.165, 1.54) is 26.5 Å². The van der Waals surface area contributed by atoms with Gasteiger partial charge in [-0.25, -0.2) is 33.9 Å². The van der Waals surface area contributed by atoms with Gasteiger partial charge in [0.15, 0.2) is 5.82 Å². The number of carbonyl (C=O) groups is 4. The number of benzene rings is 1. The summed E-state index contributed by atoms with van der Waals surface area (Å²) in [4.78, 5) is 77.1. The van der Waals surface area contributed by atoms with Crippen molar-refractivity contribution in [3.63, 3.8) is 0 Å². The number of amides is 4. The van der Waals surface area contributed by atoms with Crippen LogP contribution in [0.25, 0.3) is 33.9 Å². The van der Waals surface area contributed by atoms with Crippen LogP contribution < -0.4 is 10.6 Å². The first-order chi connectivity index (χ1) is 24.6. The molecule has 0 spiro atoms. The first kappa shape index (κ1) is 35.0. The van der Waals surface area contributed by atoms with Gasteiger partial charge in [-0.3, -0.25) is 9.59 Å². The van der Waals surface area contributed by atoms with Crippen molar-refractivity contribution in [2.45, 2.75) is 63.7 Å². The number of hydrogen-bond acceptors (Lipinski definition) is 10. The summed E-state index contributed by atoms with van der Waals surface area (Å²) in [6.45, 7) is 4.25. The number of methoxy groups -OCH3 is 2. The van der Waals surface area contributed by atoms with Crippen LogP contribution >= 0.6 is 0 Å². The van der Waals surface area contributed by atoms with E-state index in [-0.39, 0.29) is 23.9 Å². The molecule has 0 aliphatic carbocycles. The molecule has 2 saturated heterocycles. The molecule has 4 N–H and O–H groups in total. The van der Waals surface area contributed by atoms with Crippen LogP contribution in [0.2, 0.25) is 0 Å². The fraction of sp³-hybridized carbons (Fsp3) is 0.412. The van der Waals surface area contributed by atoms with Crippen molar-refractivity contribution in [3.8, 4) is 33.9 Å². The number of aromatic amines is 2. The summed E-state index contributed by atoms with van der Waals surface area (Å²) in [6, 6.07) is 2.54. The molecule has 1 aromatic carbocycles. The number of nitrogens with one attached hydrogen (secondary N) is 4. The highest BCUT2D eigenvalue weighted by Crippen LogP contribution is 2.34. The highest BCUT2D eigenvalue weighted by atomic mass is 19.1. The van der Waals surface area contributed by atoms with E-state index < -0.39 is 30.1 Å². The van der Waals surface area contributed by atoms with E-state index in [0.717, 1.165) is 12.8 Å².